The summed E-state index contributed by atoms with van der Waals surface area (Å²) in [5.74, 6) is -1.22. The van der Waals surface area contributed by atoms with Crippen molar-refractivity contribution in [3.8, 4) is 28.6 Å². The van der Waals surface area contributed by atoms with Crippen LogP contribution in [0.4, 0.5) is 0 Å². The van der Waals surface area contributed by atoms with Crippen molar-refractivity contribution < 1.29 is 19.7 Å². The van der Waals surface area contributed by atoms with Gasteiger partial charge >= 0.3 is 0 Å². The molecule has 0 aliphatic carbocycles. The number of aryl methyl sites for hydroxylation is 1. The zero-order valence-corrected chi connectivity index (χ0v) is 14.8. The zero-order valence-electron chi connectivity index (χ0n) is 14.8. The molecule has 0 saturated heterocycles. The molecule has 2 aromatic heterocycles. The third-order valence-corrected chi connectivity index (χ3v) is 4.72. The molecule has 3 N–H and O–H groups in total. The lowest BCUT2D eigenvalue weighted by atomic mass is 10.1. The number of benzene rings is 2. The molecule has 4 aromatic rings. The van der Waals surface area contributed by atoms with Crippen molar-refractivity contribution in [1.29, 1.82) is 0 Å². The number of phenolic OH excluding ortho intramolecular Hbond substituents is 2. The molecule has 0 spiro atoms. The van der Waals surface area contributed by atoms with Crippen LogP contribution in [0.5, 0.6) is 17.2 Å². The van der Waals surface area contributed by atoms with E-state index in [0.717, 1.165) is 36.4 Å². The first-order valence-corrected chi connectivity index (χ1v) is 8.81. The normalized spacial score (nSPS) is 11.4. The molecule has 0 amide bonds. The maximum absolute atomic E-state index is 12.6. The molecule has 2 aromatic carbocycles. The number of fused-ring (bicyclic) bond motifs is 2. The summed E-state index contributed by atoms with van der Waals surface area (Å²) in [7, 11) is 0. The Morgan fingerprint density at radius 1 is 1.11 bits per heavy atom. The second-order valence-electron chi connectivity index (χ2n) is 6.55. The van der Waals surface area contributed by atoms with Gasteiger partial charge in [-0.3, -0.25) is 4.79 Å². The Hall–Kier alpha value is -3.41. The van der Waals surface area contributed by atoms with Gasteiger partial charge in [-0.25, -0.2) is 0 Å². The fourth-order valence-corrected chi connectivity index (χ4v) is 3.40. The quantitative estimate of drug-likeness (QED) is 0.500. The molecule has 6 nitrogen and oxygen atoms in total. The van der Waals surface area contributed by atoms with E-state index < -0.39 is 16.9 Å². The van der Waals surface area contributed by atoms with Crippen molar-refractivity contribution in [2.24, 2.45) is 0 Å². The third kappa shape index (κ3) is 2.70. The number of para-hydroxylation sites is 1. The molecule has 0 aliphatic heterocycles. The van der Waals surface area contributed by atoms with Crippen LogP contribution in [0, 0.1) is 0 Å². The summed E-state index contributed by atoms with van der Waals surface area (Å²) in [6, 6.07) is 9.97. The summed E-state index contributed by atoms with van der Waals surface area (Å²) in [6.45, 7) is 2.91. The number of unbranched alkanes of at least 4 members (excludes halogenated alkanes) is 1. The highest BCUT2D eigenvalue weighted by atomic mass is 16.4. The van der Waals surface area contributed by atoms with Crippen LogP contribution >= 0.6 is 0 Å². The number of hydrogen-bond acceptors (Lipinski definition) is 5. The number of rotatable bonds is 4. The van der Waals surface area contributed by atoms with Crippen LogP contribution in [0.3, 0.4) is 0 Å². The van der Waals surface area contributed by atoms with Gasteiger partial charge in [0, 0.05) is 41.3 Å². The molecule has 0 unspecified atom stereocenters. The van der Waals surface area contributed by atoms with Gasteiger partial charge in [0.25, 0.3) is 0 Å². The van der Waals surface area contributed by atoms with E-state index in [1.165, 1.54) is 6.07 Å². The second kappa shape index (κ2) is 6.39. The molecule has 0 atom stereocenters. The Morgan fingerprint density at radius 3 is 2.67 bits per heavy atom. The average Bonchev–Trinajstić information content (AvgIpc) is 3.01. The first-order chi connectivity index (χ1) is 13.0. The van der Waals surface area contributed by atoms with Gasteiger partial charge in [-0.1, -0.05) is 31.5 Å². The topological polar surface area (TPSA) is 95.8 Å². The highest BCUT2D eigenvalue weighted by molar-refractivity contribution is 5.97. The molecular formula is C21H19NO5. The molecule has 0 saturated carbocycles. The highest BCUT2D eigenvalue weighted by Crippen LogP contribution is 2.38. The van der Waals surface area contributed by atoms with E-state index in [1.54, 1.807) is 0 Å². The van der Waals surface area contributed by atoms with Crippen LogP contribution in [-0.2, 0) is 6.54 Å². The van der Waals surface area contributed by atoms with Gasteiger partial charge in [-0.2, -0.15) is 0 Å². The zero-order chi connectivity index (χ0) is 19.1. The van der Waals surface area contributed by atoms with Gasteiger partial charge in [0.2, 0.25) is 11.2 Å². The molecule has 0 radical (unpaired) electrons. The number of phenols is 2. The Bertz CT molecular complexity index is 1220. The van der Waals surface area contributed by atoms with Crippen LogP contribution in [0.25, 0.3) is 33.2 Å². The van der Waals surface area contributed by atoms with Gasteiger partial charge in [0.1, 0.15) is 22.5 Å². The Kier molecular flexibility index (Phi) is 4.03. The molecule has 4 rings (SSSR count). The molecule has 6 heteroatoms. The number of aromatic nitrogens is 1. The van der Waals surface area contributed by atoms with Crippen molar-refractivity contribution in [2.45, 2.75) is 26.3 Å². The third-order valence-electron chi connectivity index (χ3n) is 4.72. The highest BCUT2D eigenvalue weighted by Gasteiger charge is 2.21. The van der Waals surface area contributed by atoms with E-state index in [0.29, 0.717) is 5.56 Å². The fraction of sp³-hybridized carbons (Fsp3) is 0.190. The van der Waals surface area contributed by atoms with Crippen molar-refractivity contribution in [3.05, 3.63) is 52.8 Å². The minimum atomic E-state index is -0.742. The smallest absolute Gasteiger partial charge is 0.238 e. The molecule has 27 heavy (non-hydrogen) atoms. The first-order valence-electron chi connectivity index (χ1n) is 8.81. The molecule has 0 fully saturated rings. The maximum atomic E-state index is 12.6. The predicted octanol–water partition coefficient (Wildman–Crippen LogP) is 4.33. The standard InChI is InChI=1S/C21H19NO5/c1-2-3-8-22-11-14(13-6-4-5-7-15(13)22)21-20(26)19(25)18-16(24)9-12(23)10-17(18)27-21/h4-7,9-11,23-24,26H,2-3,8H2,1H3. The first kappa shape index (κ1) is 17.0. The van der Waals surface area contributed by atoms with Crippen LogP contribution in [0.1, 0.15) is 19.8 Å². The number of nitrogens with zero attached hydrogens (tertiary/aromatic N) is 1. The van der Waals surface area contributed by atoms with Crippen molar-refractivity contribution in [3.63, 3.8) is 0 Å². The van der Waals surface area contributed by atoms with Gasteiger partial charge in [0.05, 0.1) is 0 Å². The van der Waals surface area contributed by atoms with Crippen molar-refractivity contribution >= 4 is 21.9 Å². The molecule has 0 bridgehead atoms. The van der Waals surface area contributed by atoms with E-state index in [1.807, 2.05) is 30.5 Å². The molecule has 138 valence electrons. The fourth-order valence-electron chi connectivity index (χ4n) is 3.40. The van der Waals surface area contributed by atoms with Crippen LogP contribution in [-0.4, -0.2) is 19.9 Å². The van der Waals surface area contributed by atoms with Gasteiger partial charge < -0.3 is 24.3 Å². The summed E-state index contributed by atoms with van der Waals surface area (Å²) in [5.41, 5.74) is 0.827. The Labute approximate surface area is 154 Å². The van der Waals surface area contributed by atoms with Crippen molar-refractivity contribution in [1.82, 2.24) is 4.57 Å². The van der Waals surface area contributed by atoms with E-state index in [4.69, 9.17) is 4.42 Å². The van der Waals surface area contributed by atoms with E-state index in [9.17, 15) is 20.1 Å². The molecular weight excluding hydrogens is 346 g/mol. The average molecular weight is 365 g/mol. The SMILES string of the molecule is CCCCn1cc(-c2oc3cc(O)cc(O)c3c(=O)c2O)c2ccccc21. The Morgan fingerprint density at radius 2 is 1.89 bits per heavy atom. The van der Waals surface area contributed by atoms with Gasteiger partial charge in [0.15, 0.2) is 5.76 Å². The summed E-state index contributed by atoms with van der Waals surface area (Å²) >= 11 is 0. The van der Waals surface area contributed by atoms with Crippen LogP contribution < -0.4 is 5.43 Å². The summed E-state index contributed by atoms with van der Waals surface area (Å²) in [5, 5.41) is 30.9. The lowest BCUT2D eigenvalue weighted by Gasteiger charge is -2.07. The summed E-state index contributed by atoms with van der Waals surface area (Å²) in [4.78, 5) is 12.6. The summed E-state index contributed by atoms with van der Waals surface area (Å²) < 4.78 is 7.83. The summed E-state index contributed by atoms with van der Waals surface area (Å²) in [6.07, 6.45) is 3.89. The van der Waals surface area contributed by atoms with Crippen LogP contribution in [0.15, 0.2) is 51.8 Å². The largest absolute Gasteiger partial charge is 0.508 e. The van der Waals surface area contributed by atoms with E-state index in [-0.39, 0.29) is 22.5 Å². The lowest BCUT2D eigenvalue weighted by molar-refractivity contribution is 0.438. The lowest BCUT2D eigenvalue weighted by Crippen LogP contribution is -2.03. The van der Waals surface area contributed by atoms with Gasteiger partial charge in [-0.05, 0) is 12.5 Å². The minimum Gasteiger partial charge on any atom is -0.508 e. The van der Waals surface area contributed by atoms with Crippen LogP contribution in [0.2, 0.25) is 0 Å². The second-order valence-corrected chi connectivity index (χ2v) is 6.55. The molecule has 0 aliphatic rings. The Balaban J connectivity index is 2.03. The maximum Gasteiger partial charge on any atom is 0.238 e. The minimum absolute atomic E-state index is 0.00990. The van der Waals surface area contributed by atoms with E-state index >= 15 is 0 Å². The van der Waals surface area contributed by atoms with Crippen molar-refractivity contribution in [2.75, 3.05) is 0 Å². The predicted molar refractivity (Wildman–Crippen MR) is 103 cm³/mol. The van der Waals surface area contributed by atoms with E-state index in [2.05, 4.69) is 11.5 Å². The number of aromatic hydroxyl groups is 3. The van der Waals surface area contributed by atoms with Gasteiger partial charge in [-0.15, -0.1) is 0 Å². The molecule has 2 heterocycles. The number of hydrogen-bond donors (Lipinski definition) is 3. The monoisotopic (exact) mass is 365 g/mol.